The SMILES string of the molecule is CCCC(CCN)CCC(=O)NCC(=O)NC(C)(C)C. The van der Waals surface area contributed by atoms with Gasteiger partial charge >= 0.3 is 0 Å². The summed E-state index contributed by atoms with van der Waals surface area (Å²) in [6.45, 7) is 8.59. The largest absolute Gasteiger partial charge is 0.350 e. The molecular weight excluding hydrogens is 254 g/mol. The van der Waals surface area contributed by atoms with E-state index < -0.39 is 0 Å². The van der Waals surface area contributed by atoms with E-state index in [2.05, 4.69) is 17.6 Å². The third-order valence-electron chi connectivity index (χ3n) is 3.01. The van der Waals surface area contributed by atoms with Crippen molar-refractivity contribution in [3.8, 4) is 0 Å². The van der Waals surface area contributed by atoms with E-state index in [0.29, 0.717) is 18.9 Å². The fourth-order valence-corrected chi connectivity index (χ4v) is 2.14. The quantitative estimate of drug-likeness (QED) is 0.601. The van der Waals surface area contributed by atoms with Crippen molar-refractivity contribution in [2.45, 2.75) is 65.3 Å². The number of carbonyl (C=O) groups excluding carboxylic acids is 2. The van der Waals surface area contributed by atoms with Crippen molar-refractivity contribution in [2.24, 2.45) is 11.7 Å². The first kappa shape index (κ1) is 18.9. The van der Waals surface area contributed by atoms with Gasteiger partial charge in [-0.25, -0.2) is 0 Å². The lowest BCUT2D eigenvalue weighted by molar-refractivity contribution is -0.127. The van der Waals surface area contributed by atoms with Crippen LogP contribution in [-0.2, 0) is 9.59 Å². The van der Waals surface area contributed by atoms with E-state index in [1.54, 1.807) is 0 Å². The summed E-state index contributed by atoms with van der Waals surface area (Å²) in [5, 5.41) is 5.47. The minimum Gasteiger partial charge on any atom is -0.350 e. The number of carbonyl (C=O) groups is 2. The van der Waals surface area contributed by atoms with Crippen LogP contribution >= 0.6 is 0 Å². The molecule has 0 aliphatic carbocycles. The van der Waals surface area contributed by atoms with Crippen LogP contribution in [0.25, 0.3) is 0 Å². The molecule has 2 amide bonds. The Balaban J connectivity index is 3.90. The first-order valence-electron chi connectivity index (χ1n) is 7.56. The van der Waals surface area contributed by atoms with Crippen molar-refractivity contribution < 1.29 is 9.59 Å². The van der Waals surface area contributed by atoms with Gasteiger partial charge in [0.25, 0.3) is 0 Å². The zero-order chi connectivity index (χ0) is 15.6. The van der Waals surface area contributed by atoms with Crippen LogP contribution in [0.4, 0.5) is 0 Å². The highest BCUT2D eigenvalue weighted by atomic mass is 16.2. The van der Waals surface area contributed by atoms with Gasteiger partial charge in [0, 0.05) is 12.0 Å². The van der Waals surface area contributed by atoms with Crippen LogP contribution in [-0.4, -0.2) is 30.4 Å². The predicted octanol–water partition coefficient (Wildman–Crippen LogP) is 1.56. The molecule has 5 nitrogen and oxygen atoms in total. The van der Waals surface area contributed by atoms with E-state index in [1.807, 2.05) is 20.8 Å². The Bertz CT molecular complexity index is 292. The summed E-state index contributed by atoms with van der Waals surface area (Å²) in [6, 6.07) is 0. The van der Waals surface area contributed by atoms with Gasteiger partial charge in [0.05, 0.1) is 6.54 Å². The van der Waals surface area contributed by atoms with Gasteiger partial charge in [-0.2, -0.15) is 0 Å². The molecule has 0 bridgehead atoms. The molecule has 0 aromatic heterocycles. The normalized spacial score (nSPS) is 12.8. The molecule has 0 saturated carbocycles. The first-order valence-corrected chi connectivity index (χ1v) is 7.56. The Labute approximate surface area is 123 Å². The molecule has 1 unspecified atom stereocenters. The summed E-state index contributed by atoms with van der Waals surface area (Å²) in [6.07, 6.45) is 4.49. The van der Waals surface area contributed by atoms with Crippen LogP contribution in [0, 0.1) is 5.92 Å². The highest BCUT2D eigenvalue weighted by molar-refractivity contribution is 5.84. The molecule has 0 rings (SSSR count). The lowest BCUT2D eigenvalue weighted by Gasteiger charge is -2.20. The van der Waals surface area contributed by atoms with Gasteiger partial charge in [-0.3, -0.25) is 9.59 Å². The summed E-state index contributed by atoms with van der Waals surface area (Å²) in [5.41, 5.74) is 5.30. The van der Waals surface area contributed by atoms with Crippen LogP contribution in [0.15, 0.2) is 0 Å². The molecule has 0 radical (unpaired) electrons. The highest BCUT2D eigenvalue weighted by Crippen LogP contribution is 2.16. The molecule has 0 fully saturated rings. The minimum atomic E-state index is -0.269. The number of nitrogens with two attached hydrogens (primary N) is 1. The molecule has 0 aliphatic heterocycles. The van der Waals surface area contributed by atoms with Gasteiger partial charge in [0.15, 0.2) is 0 Å². The van der Waals surface area contributed by atoms with Gasteiger partial charge in [-0.05, 0) is 46.1 Å². The number of rotatable bonds is 9. The standard InChI is InChI=1S/C15H31N3O2/c1-5-6-12(9-10-16)7-8-13(19)17-11-14(20)18-15(2,3)4/h12H,5-11,16H2,1-4H3,(H,17,19)(H,18,20). The summed E-state index contributed by atoms with van der Waals surface area (Å²) >= 11 is 0. The van der Waals surface area contributed by atoms with Crippen LogP contribution in [0.5, 0.6) is 0 Å². The summed E-state index contributed by atoms with van der Waals surface area (Å²) < 4.78 is 0. The van der Waals surface area contributed by atoms with Crippen LogP contribution in [0.2, 0.25) is 0 Å². The molecule has 0 spiro atoms. The van der Waals surface area contributed by atoms with E-state index in [0.717, 1.165) is 25.7 Å². The Kier molecular flexibility index (Phi) is 9.21. The number of nitrogens with one attached hydrogen (secondary N) is 2. The number of hydrogen-bond acceptors (Lipinski definition) is 3. The maximum absolute atomic E-state index is 11.7. The van der Waals surface area contributed by atoms with Gasteiger partial charge in [-0.15, -0.1) is 0 Å². The molecule has 0 aromatic carbocycles. The van der Waals surface area contributed by atoms with E-state index in [4.69, 9.17) is 5.73 Å². The van der Waals surface area contributed by atoms with Crippen LogP contribution < -0.4 is 16.4 Å². The maximum atomic E-state index is 11.7. The molecule has 118 valence electrons. The Morgan fingerprint density at radius 2 is 1.75 bits per heavy atom. The zero-order valence-electron chi connectivity index (χ0n) is 13.4. The van der Waals surface area contributed by atoms with E-state index in [1.165, 1.54) is 0 Å². The van der Waals surface area contributed by atoms with Gasteiger partial charge in [-0.1, -0.05) is 19.8 Å². The second-order valence-electron chi connectivity index (χ2n) is 6.35. The lowest BCUT2D eigenvalue weighted by Crippen LogP contribution is -2.45. The maximum Gasteiger partial charge on any atom is 0.239 e. The second kappa shape index (κ2) is 9.75. The van der Waals surface area contributed by atoms with Crippen LogP contribution in [0.1, 0.15) is 59.8 Å². The monoisotopic (exact) mass is 285 g/mol. The summed E-state index contributed by atoms with van der Waals surface area (Å²) in [7, 11) is 0. The topological polar surface area (TPSA) is 84.2 Å². The highest BCUT2D eigenvalue weighted by Gasteiger charge is 2.15. The van der Waals surface area contributed by atoms with E-state index in [9.17, 15) is 9.59 Å². The van der Waals surface area contributed by atoms with Gasteiger partial charge < -0.3 is 16.4 Å². The molecular formula is C15H31N3O2. The van der Waals surface area contributed by atoms with E-state index >= 15 is 0 Å². The summed E-state index contributed by atoms with van der Waals surface area (Å²) in [5.74, 6) is 0.296. The minimum absolute atomic E-state index is 0.0471. The van der Waals surface area contributed by atoms with Gasteiger partial charge in [0.2, 0.25) is 11.8 Å². The van der Waals surface area contributed by atoms with E-state index in [-0.39, 0.29) is 23.9 Å². The van der Waals surface area contributed by atoms with Crippen molar-refractivity contribution in [2.75, 3.05) is 13.1 Å². The molecule has 0 aliphatic rings. The van der Waals surface area contributed by atoms with Crippen molar-refractivity contribution in [3.63, 3.8) is 0 Å². The lowest BCUT2D eigenvalue weighted by atomic mass is 9.94. The fourth-order valence-electron chi connectivity index (χ4n) is 2.14. The number of hydrogen-bond donors (Lipinski definition) is 3. The molecule has 1 atom stereocenters. The molecule has 0 saturated heterocycles. The fraction of sp³-hybridized carbons (Fsp3) is 0.867. The average Bonchev–Trinajstić information content (AvgIpc) is 2.32. The molecule has 4 N–H and O–H groups in total. The predicted molar refractivity (Wildman–Crippen MR) is 82.2 cm³/mol. The Hall–Kier alpha value is -1.10. The number of amides is 2. The Morgan fingerprint density at radius 1 is 1.10 bits per heavy atom. The molecule has 0 heterocycles. The first-order chi connectivity index (χ1) is 9.28. The van der Waals surface area contributed by atoms with Crippen molar-refractivity contribution >= 4 is 11.8 Å². The molecule has 0 aromatic rings. The summed E-state index contributed by atoms with van der Waals surface area (Å²) in [4.78, 5) is 23.3. The zero-order valence-corrected chi connectivity index (χ0v) is 13.4. The Morgan fingerprint density at radius 3 is 2.25 bits per heavy atom. The van der Waals surface area contributed by atoms with Gasteiger partial charge in [0.1, 0.15) is 0 Å². The average molecular weight is 285 g/mol. The van der Waals surface area contributed by atoms with Crippen molar-refractivity contribution in [1.82, 2.24) is 10.6 Å². The van der Waals surface area contributed by atoms with Crippen molar-refractivity contribution in [1.29, 1.82) is 0 Å². The molecule has 5 heteroatoms. The second-order valence-corrected chi connectivity index (χ2v) is 6.35. The third-order valence-corrected chi connectivity index (χ3v) is 3.01. The third kappa shape index (κ3) is 10.8. The van der Waals surface area contributed by atoms with Crippen molar-refractivity contribution in [3.05, 3.63) is 0 Å². The smallest absolute Gasteiger partial charge is 0.239 e. The molecule has 20 heavy (non-hydrogen) atoms. The van der Waals surface area contributed by atoms with Crippen LogP contribution in [0.3, 0.4) is 0 Å².